The van der Waals surface area contributed by atoms with Crippen molar-refractivity contribution in [2.45, 2.75) is 73.1 Å². The number of alkyl halides is 2. The van der Waals surface area contributed by atoms with Crippen molar-refractivity contribution in [3.63, 3.8) is 0 Å². The van der Waals surface area contributed by atoms with Crippen LogP contribution >= 0.6 is 0 Å². The zero-order valence-electron chi connectivity index (χ0n) is 22.7. The number of carbonyl (C=O) groups is 1. The fourth-order valence-electron chi connectivity index (χ4n) is 2.81. The number of allylic oxidation sites excluding steroid dienone is 1. The summed E-state index contributed by atoms with van der Waals surface area (Å²) in [6.07, 6.45) is 2.52. The van der Waals surface area contributed by atoms with Crippen molar-refractivity contribution >= 4 is 5.78 Å². The van der Waals surface area contributed by atoms with Crippen LogP contribution in [0, 0.1) is 13.8 Å². The Morgan fingerprint density at radius 1 is 1.19 bits per heavy atom. The fraction of sp³-hybridized carbons (Fsp3) is 0.481. The molecule has 37 heavy (non-hydrogen) atoms. The summed E-state index contributed by atoms with van der Waals surface area (Å²) in [6.45, 7) is 10.8. The van der Waals surface area contributed by atoms with Crippen LogP contribution in [-0.2, 0) is 37.5 Å². The largest absolute Gasteiger partial charge is 0.569 e. The van der Waals surface area contributed by atoms with Crippen LogP contribution in [-0.4, -0.2) is 31.0 Å². The molecule has 1 unspecified atom stereocenters. The topological polar surface area (TPSA) is 100 Å². The number of hydrogen-bond acceptors (Lipinski definition) is 6. The van der Waals surface area contributed by atoms with E-state index in [9.17, 15) is 23.5 Å². The number of Topliss-reactive ketones (excluding diaryl/α,β-unsaturated/α-hetero) is 1. The zero-order chi connectivity index (χ0) is 27.7. The van der Waals surface area contributed by atoms with Gasteiger partial charge in [0, 0.05) is 58.2 Å². The first kappa shape index (κ1) is 37.1. The van der Waals surface area contributed by atoms with E-state index in [-0.39, 0.29) is 56.4 Å². The molecule has 1 aromatic heterocycles. The summed E-state index contributed by atoms with van der Waals surface area (Å²) in [5, 5.41) is 9.84. The van der Waals surface area contributed by atoms with Crippen LogP contribution in [0.1, 0.15) is 80.1 Å². The number of benzene rings is 1. The summed E-state index contributed by atoms with van der Waals surface area (Å²) in [5.41, 5.74) is 4.70. The minimum absolute atomic E-state index is 0. The maximum atomic E-state index is 11.8. The number of rotatable bonds is 11. The number of hydroxylamine groups is 1. The fourth-order valence-corrected chi connectivity index (χ4v) is 2.81. The summed E-state index contributed by atoms with van der Waals surface area (Å²) >= 11 is 0. The Bertz CT molecular complexity index is 1010. The van der Waals surface area contributed by atoms with E-state index in [1.165, 1.54) is 13.2 Å². The molecule has 0 aliphatic carbocycles. The molecule has 2 rings (SSSR count). The quantitative estimate of drug-likeness (QED) is 0.216. The monoisotopic (exact) mass is 599 g/mol. The van der Waals surface area contributed by atoms with Gasteiger partial charge in [0.15, 0.2) is 5.78 Å². The minimum Gasteiger partial charge on any atom is -0.569 e. The van der Waals surface area contributed by atoms with Gasteiger partial charge in [-0.15, -0.1) is 6.08 Å². The Labute approximate surface area is 243 Å². The molecule has 0 amide bonds. The van der Waals surface area contributed by atoms with Crippen molar-refractivity contribution in [2.24, 2.45) is 0 Å². The van der Waals surface area contributed by atoms with Gasteiger partial charge in [0.05, 0.1) is 0 Å². The molecule has 0 spiro atoms. The molecule has 0 aliphatic heterocycles. The van der Waals surface area contributed by atoms with Gasteiger partial charge in [-0.05, 0) is 49.9 Å². The number of aromatic hydroxyl groups is 1. The molecule has 0 saturated heterocycles. The van der Waals surface area contributed by atoms with Crippen LogP contribution in [0.3, 0.4) is 0 Å². The van der Waals surface area contributed by atoms with Crippen molar-refractivity contribution in [3.05, 3.63) is 74.9 Å². The van der Waals surface area contributed by atoms with E-state index in [0.29, 0.717) is 24.4 Å². The van der Waals surface area contributed by atoms with Crippen LogP contribution in [0.15, 0.2) is 45.8 Å². The second-order valence-electron chi connectivity index (χ2n) is 7.57. The molecule has 0 bridgehead atoms. The van der Waals surface area contributed by atoms with Gasteiger partial charge in [-0.2, -0.15) is 6.20 Å². The second kappa shape index (κ2) is 20.9. The Morgan fingerprint density at radius 2 is 1.84 bits per heavy atom. The van der Waals surface area contributed by atoms with Gasteiger partial charge in [-0.1, -0.05) is 33.8 Å². The van der Waals surface area contributed by atoms with Crippen molar-refractivity contribution in [1.29, 1.82) is 0 Å². The van der Waals surface area contributed by atoms with Crippen LogP contribution < -0.4 is 10.4 Å². The maximum Gasteiger partial charge on any atom is 0.350 e. The molecule has 1 N–H and O–H groups in total. The first-order chi connectivity index (χ1) is 17.1. The zero-order valence-corrected chi connectivity index (χ0v) is 25.6. The molecule has 1 aromatic carbocycles. The van der Waals surface area contributed by atoms with Gasteiger partial charge in [-0.25, -0.2) is 13.6 Å². The van der Waals surface area contributed by atoms with Gasteiger partial charge in [0.1, 0.15) is 29.4 Å². The Balaban J connectivity index is 0. The summed E-state index contributed by atoms with van der Waals surface area (Å²) in [5.74, 6) is 0.0571. The van der Waals surface area contributed by atoms with Gasteiger partial charge in [0.2, 0.25) is 0 Å². The Hall–Kier alpha value is -2.10. The molecule has 0 saturated carbocycles. The summed E-state index contributed by atoms with van der Waals surface area (Å²) in [4.78, 5) is 27.9. The van der Waals surface area contributed by atoms with E-state index >= 15 is 0 Å². The smallest absolute Gasteiger partial charge is 0.350 e. The first-order valence-electron chi connectivity index (χ1n) is 11.9. The predicted octanol–water partition coefficient (Wildman–Crippen LogP) is 7.24. The molecule has 0 fully saturated rings. The van der Waals surface area contributed by atoms with Crippen LogP contribution in [0.2, 0.25) is 0 Å². The summed E-state index contributed by atoms with van der Waals surface area (Å²) in [6, 6.07) is 6.66. The molecule has 1 heterocycles. The minimum atomic E-state index is -2.42. The standard InChI is InChI=1S/C15H20NO5.C10H12F2O.C2H6.Y/c1-4-11(17)14-12(18)9-13(21-15(14)19)10(2)7-5-6-8-16-20-3;1-7-3-4-9(5-8(7)2)13-6-10(11)12;1-2;/h6,8-10H,4-5,7H2,1-3H3,(H,17,18,19);3-5,10H,6H2,1-2H3;1-2H3;/q-1;;;/b8-6+;;;. The average Bonchev–Trinajstić information content (AvgIpc) is 2.85. The molecule has 1 atom stereocenters. The average molecular weight is 600 g/mol. The third-order valence-electron chi connectivity index (χ3n) is 4.93. The number of aryl methyl sites for hydroxylation is 2. The molecule has 205 valence electrons. The Morgan fingerprint density at radius 3 is 2.35 bits per heavy atom. The van der Waals surface area contributed by atoms with Crippen molar-refractivity contribution < 1.29 is 65.4 Å². The van der Waals surface area contributed by atoms with Gasteiger partial charge in [-0.3, -0.25) is 4.79 Å². The molecular weight excluding hydrogens is 561 g/mol. The molecule has 7 nitrogen and oxygen atoms in total. The molecule has 1 radical (unpaired) electrons. The summed E-state index contributed by atoms with van der Waals surface area (Å²) in [7, 11) is 1.46. The van der Waals surface area contributed by atoms with E-state index in [1.807, 2.05) is 46.8 Å². The van der Waals surface area contributed by atoms with E-state index in [0.717, 1.165) is 11.1 Å². The first-order valence-corrected chi connectivity index (χ1v) is 11.9. The van der Waals surface area contributed by atoms with Crippen LogP contribution in [0.5, 0.6) is 11.5 Å². The molecular formula is C27H38F2NO6Y-. The van der Waals surface area contributed by atoms with Crippen molar-refractivity contribution in [3.8, 4) is 11.5 Å². The van der Waals surface area contributed by atoms with Crippen LogP contribution in [0.25, 0.3) is 5.48 Å². The maximum absolute atomic E-state index is 11.8. The molecule has 2 aromatic rings. The third kappa shape index (κ3) is 14.4. The normalized spacial score (nSPS) is 11.0. The SMILES string of the molecule is CC.CCC(=O)c1c(O)cc(C(C)CC/C=C/[N-]OC)oc1=O.Cc1ccc(OCC(F)F)cc1C.[Y]. The van der Waals surface area contributed by atoms with Gasteiger partial charge < -0.3 is 24.6 Å². The summed E-state index contributed by atoms with van der Waals surface area (Å²) < 4.78 is 33.5. The molecule has 0 aliphatic rings. The predicted molar refractivity (Wildman–Crippen MR) is 137 cm³/mol. The van der Waals surface area contributed by atoms with E-state index in [4.69, 9.17) is 9.15 Å². The second-order valence-corrected chi connectivity index (χ2v) is 7.57. The van der Waals surface area contributed by atoms with Gasteiger partial charge >= 0.3 is 5.63 Å². The van der Waals surface area contributed by atoms with E-state index < -0.39 is 24.4 Å². The molecule has 10 heteroatoms. The van der Waals surface area contributed by atoms with Gasteiger partial charge in [0.25, 0.3) is 6.43 Å². The number of hydrogen-bond donors (Lipinski definition) is 1. The van der Waals surface area contributed by atoms with Crippen LogP contribution in [0.4, 0.5) is 8.78 Å². The van der Waals surface area contributed by atoms with E-state index in [2.05, 4.69) is 10.3 Å². The number of ketones is 1. The van der Waals surface area contributed by atoms with Crippen molar-refractivity contribution in [1.82, 2.24) is 0 Å². The number of carbonyl (C=O) groups excluding carboxylic acids is 1. The van der Waals surface area contributed by atoms with E-state index in [1.54, 1.807) is 25.3 Å². The third-order valence-corrected chi connectivity index (χ3v) is 4.93. The number of nitrogens with zero attached hydrogens (tertiary/aromatic N) is 1. The number of ether oxygens (including phenoxy) is 1. The number of halogens is 2. The Kier molecular flexibility index (Phi) is 20.9. The van der Waals surface area contributed by atoms with Crippen molar-refractivity contribution in [2.75, 3.05) is 13.7 Å².